The molecule has 0 spiro atoms. The Morgan fingerprint density at radius 3 is 2.75 bits per heavy atom. The lowest BCUT2D eigenvalue weighted by atomic mass is 9.82. The molecule has 0 bridgehead atoms. The molecule has 1 rings (SSSR count). The predicted octanol–water partition coefficient (Wildman–Crippen LogP) is 0.454. The Labute approximate surface area is 72.9 Å². The third-order valence-corrected chi connectivity index (χ3v) is 2.62. The number of carbonyl (C=O) groups excluding carboxylic acids is 1. The minimum Gasteiger partial charge on any atom is -0.385 e. The molecule has 0 unspecified atom stereocenters. The summed E-state index contributed by atoms with van der Waals surface area (Å²) in [5.74, 6) is -0.0275. The Kier molecular flexibility index (Phi) is 3.23. The smallest absolute Gasteiger partial charge is 0.158 e. The summed E-state index contributed by atoms with van der Waals surface area (Å²) >= 11 is 0. The van der Waals surface area contributed by atoms with Crippen molar-refractivity contribution in [2.45, 2.75) is 44.8 Å². The predicted molar refractivity (Wildman–Crippen MR) is 46.6 cm³/mol. The highest BCUT2D eigenvalue weighted by molar-refractivity contribution is 5.80. The van der Waals surface area contributed by atoms with Gasteiger partial charge in [-0.25, -0.2) is 0 Å². The number of nitrogens with two attached hydrogens (primary N) is 1. The van der Waals surface area contributed by atoms with Crippen molar-refractivity contribution in [1.29, 1.82) is 0 Å². The van der Waals surface area contributed by atoms with Gasteiger partial charge < -0.3 is 10.8 Å². The summed E-state index contributed by atoms with van der Waals surface area (Å²) in [5.41, 5.74) is 5.74. The molecule has 1 aliphatic rings. The molecule has 1 aliphatic carbocycles. The Hall–Kier alpha value is -0.410. The van der Waals surface area contributed by atoms with E-state index in [1.165, 1.54) is 6.92 Å². The average molecular weight is 171 g/mol. The summed E-state index contributed by atoms with van der Waals surface area (Å²) in [4.78, 5) is 10.9. The monoisotopic (exact) mass is 171 g/mol. The first-order valence-electron chi connectivity index (χ1n) is 4.55. The van der Waals surface area contributed by atoms with E-state index < -0.39 is 6.10 Å². The highest BCUT2D eigenvalue weighted by Gasteiger charge is 2.27. The van der Waals surface area contributed by atoms with E-state index in [9.17, 15) is 9.90 Å². The van der Waals surface area contributed by atoms with Gasteiger partial charge in [0.05, 0.1) is 0 Å². The first kappa shape index (κ1) is 9.68. The van der Waals surface area contributed by atoms with Gasteiger partial charge in [-0.15, -0.1) is 0 Å². The van der Waals surface area contributed by atoms with Crippen molar-refractivity contribution in [3.8, 4) is 0 Å². The summed E-state index contributed by atoms with van der Waals surface area (Å²) in [6, 6.07) is 0.178. The van der Waals surface area contributed by atoms with Crippen LogP contribution in [0.15, 0.2) is 0 Å². The standard InChI is InChI=1S/C9H17NO2/c1-6(11)9(12)7-3-2-4-8(10)5-7/h7-9,12H,2-5,10H2,1H3/t7-,8+,9+/m0/s1. The van der Waals surface area contributed by atoms with Gasteiger partial charge in [-0.1, -0.05) is 6.42 Å². The molecule has 12 heavy (non-hydrogen) atoms. The summed E-state index contributed by atoms with van der Waals surface area (Å²) in [5, 5.41) is 9.46. The molecule has 0 radical (unpaired) electrons. The minimum absolute atomic E-state index is 0.103. The topological polar surface area (TPSA) is 63.3 Å². The Morgan fingerprint density at radius 1 is 1.58 bits per heavy atom. The van der Waals surface area contributed by atoms with Crippen LogP contribution in [0, 0.1) is 5.92 Å². The van der Waals surface area contributed by atoms with Crippen molar-refractivity contribution in [3.63, 3.8) is 0 Å². The normalized spacial score (nSPS) is 32.9. The van der Waals surface area contributed by atoms with Gasteiger partial charge in [0.1, 0.15) is 6.10 Å². The van der Waals surface area contributed by atoms with Crippen LogP contribution >= 0.6 is 0 Å². The summed E-state index contributed by atoms with van der Waals surface area (Å²) in [7, 11) is 0. The maximum absolute atomic E-state index is 10.9. The van der Waals surface area contributed by atoms with E-state index in [1.807, 2.05) is 0 Å². The van der Waals surface area contributed by atoms with Crippen LogP contribution < -0.4 is 5.73 Å². The number of Topliss-reactive ketones (excluding diaryl/α,β-unsaturated/α-hetero) is 1. The third-order valence-electron chi connectivity index (χ3n) is 2.62. The number of aliphatic hydroxyl groups excluding tert-OH is 1. The molecule has 0 amide bonds. The van der Waals surface area contributed by atoms with Crippen molar-refractivity contribution in [3.05, 3.63) is 0 Å². The van der Waals surface area contributed by atoms with E-state index in [0.29, 0.717) is 0 Å². The van der Waals surface area contributed by atoms with Crippen LogP contribution in [0.25, 0.3) is 0 Å². The second-order valence-electron chi connectivity index (χ2n) is 3.74. The van der Waals surface area contributed by atoms with Crippen LogP contribution in [0.4, 0.5) is 0 Å². The number of ketones is 1. The fourth-order valence-corrected chi connectivity index (χ4v) is 1.89. The first-order chi connectivity index (χ1) is 5.61. The molecule has 70 valence electrons. The minimum atomic E-state index is -0.781. The van der Waals surface area contributed by atoms with Gasteiger partial charge in [-0.2, -0.15) is 0 Å². The van der Waals surface area contributed by atoms with Crippen LogP contribution in [0.5, 0.6) is 0 Å². The van der Waals surface area contributed by atoms with Crippen LogP contribution in [0.1, 0.15) is 32.6 Å². The Balaban J connectivity index is 2.45. The molecule has 1 fully saturated rings. The van der Waals surface area contributed by atoms with E-state index in [-0.39, 0.29) is 17.7 Å². The number of carbonyl (C=O) groups is 1. The molecule has 0 heterocycles. The molecular weight excluding hydrogens is 154 g/mol. The molecular formula is C9H17NO2. The maximum atomic E-state index is 10.9. The molecule has 3 atom stereocenters. The fourth-order valence-electron chi connectivity index (χ4n) is 1.89. The largest absolute Gasteiger partial charge is 0.385 e. The van der Waals surface area contributed by atoms with Gasteiger partial charge in [-0.3, -0.25) is 4.79 Å². The maximum Gasteiger partial charge on any atom is 0.158 e. The molecule has 0 aromatic carbocycles. The third kappa shape index (κ3) is 2.29. The van der Waals surface area contributed by atoms with Crippen LogP contribution in [0.3, 0.4) is 0 Å². The van der Waals surface area contributed by atoms with Crippen LogP contribution in [-0.4, -0.2) is 23.0 Å². The van der Waals surface area contributed by atoms with Crippen molar-refractivity contribution >= 4 is 5.78 Å². The van der Waals surface area contributed by atoms with Crippen molar-refractivity contribution in [2.75, 3.05) is 0 Å². The zero-order chi connectivity index (χ0) is 9.14. The van der Waals surface area contributed by atoms with Gasteiger partial charge in [0.2, 0.25) is 0 Å². The summed E-state index contributed by atoms with van der Waals surface area (Å²) in [6.45, 7) is 1.44. The lowest BCUT2D eigenvalue weighted by Gasteiger charge is -2.28. The zero-order valence-electron chi connectivity index (χ0n) is 7.49. The second-order valence-corrected chi connectivity index (χ2v) is 3.74. The van der Waals surface area contributed by atoms with Crippen LogP contribution in [-0.2, 0) is 4.79 Å². The van der Waals surface area contributed by atoms with Crippen molar-refractivity contribution in [1.82, 2.24) is 0 Å². The molecule has 0 aromatic heterocycles. The summed E-state index contributed by atoms with van der Waals surface area (Å²) in [6.07, 6.45) is 3.02. The lowest BCUT2D eigenvalue weighted by molar-refractivity contribution is -0.128. The Bertz CT molecular complexity index is 170. The zero-order valence-corrected chi connectivity index (χ0v) is 7.49. The number of rotatable bonds is 2. The number of aliphatic hydroxyl groups is 1. The van der Waals surface area contributed by atoms with E-state index in [0.717, 1.165) is 25.7 Å². The van der Waals surface area contributed by atoms with Crippen molar-refractivity contribution < 1.29 is 9.90 Å². The molecule has 0 saturated heterocycles. The first-order valence-corrected chi connectivity index (χ1v) is 4.55. The van der Waals surface area contributed by atoms with Gasteiger partial charge in [0, 0.05) is 6.04 Å². The Morgan fingerprint density at radius 2 is 2.25 bits per heavy atom. The lowest BCUT2D eigenvalue weighted by Crippen LogP contribution is -2.36. The highest BCUT2D eigenvalue weighted by Crippen LogP contribution is 2.26. The van der Waals surface area contributed by atoms with Crippen molar-refractivity contribution in [2.24, 2.45) is 11.7 Å². The molecule has 3 heteroatoms. The van der Waals surface area contributed by atoms with E-state index in [2.05, 4.69) is 0 Å². The molecule has 1 saturated carbocycles. The van der Waals surface area contributed by atoms with Gasteiger partial charge in [-0.05, 0) is 32.1 Å². The van der Waals surface area contributed by atoms with E-state index in [1.54, 1.807) is 0 Å². The van der Waals surface area contributed by atoms with E-state index >= 15 is 0 Å². The number of hydrogen-bond acceptors (Lipinski definition) is 3. The molecule has 0 aromatic rings. The quantitative estimate of drug-likeness (QED) is 0.634. The van der Waals surface area contributed by atoms with Gasteiger partial charge >= 0.3 is 0 Å². The fraction of sp³-hybridized carbons (Fsp3) is 0.889. The summed E-state index contributed by atoms with van der Waals surface area (Å²) < 4.78 is 0. The van der Waals surface area contributed by atoms with Crippen LogP contribution in [0.2, 0.25) is 0 Å². The van der Waals surface area contributed by atoms with Gasteiger partial charge in [0.25, 0.3) is 0 Å². The van der Waals surface area contributed by atoms with E-state index in [4.69, 9.17) is 5.73 Å². The molecule has 3 nitrogen and oxygen atoms in total. The van der Waals surface area contributed by atoms with Gasteiger partial charge in [0.15, 0.2) is 5.78 Å². The molecule has 3 N–H and O–H groups in total. The SMILES string of the molecule is CC(=O)[C@@H](O)[C@H]1CCC[C@@H](N)C1. The number of hydrogen-bond donors (Lipinski definition) is 2. The average Bonchev–Trinajstić information content (AvgIpc) is 2.03. The highest BCUT2D eigenvalue weighted by atomic mass is 16.3. The second kappa shape index (κ2) is 4.01. The molecule has 0 aliphatic heterocycles.